The van der Waals surface area contributed by atoms with E-state index in [-0.39, 0.29) is 12.4 Å². The Morgan fingerprint density at radius 2 is 2.00 bits per heavy atom. The Balaban J connectivity index is 0.00000176. The molecule has 0 amide bonds. The molecule has 1 atom stereocenters. The minimum Gasteiger partial charge on any atom is -0.490 e. The van der Waals surface area contributed by atoms with Gasteiger partial charge in [-0.25, -0.2) is 4.98 Å². The molecule has 0 aliphatic carbocycles. The summed E-state index contributed by atoms with van der Waals surface area (Å²) in [5.74, 6) is 0.734. The Kier molecular flexibility index (Phi) is 6.33. The average molecular weight is 360 g/mol. The van der Waals surface area contributed by atoms with Crippen molar-refractivity contribution in [2.24, 2.45) is 0 Å². The van der Waals surface area contributed by atoms with Gasteiger partial charge in [-0.05, 0) is 43.1 Å². The van der Waals surface area contributed by atoms with E-state index in [1.54, 1.807) is 6.20 Å². The summed E-state index contributed by atoms with van der Waals surface area (Å²) in [6, 6.07) is 9.88. The van der Waals surface area contributed by atoms with Crippen LogP contribution in [0.1, 0.15) is 12.8 Å². The maximum absolute atomic E-state index is 6.19. The highest BCUT2D eigenvalue weighted by atomic mass is 35.5. The first-order valence-corrected chi connectivity index (χ1v) is 7.75. The maximum atomic E-state index is 6.19. The van der Waals surface area contributed by atoms with E-state index in [0.717, 1.165) is 29.8 Å². The van der Waals surface area contributed by atoms with Crippen LogP contribution >= 0.6 is 35.6 Å². The molecule has 6 heteroatoms. The van der Waals surface area contributed by atoms with Crippen LogP contribution in [-0.4, -0.2) is 24.2 Å². The molecule has 118 valence electrons. The second kappa shape index (κ2) is 8.02. The fraction of sp³-hybridized carbons (Fsp3) is 0.312. The SMILES string of the molecule is Cl.Clc1ccc(-c2cc(OC[C@@H]3CCCN3)cnc2Cl)cc1. The van der Waals surface area contributed by atoms with Crippen molar-refractivity contribution in [2.45, 2.75) is 18.9 Å². The van der Waals surface area contributed by atoms with E-state index in [9.17, 15) is 0 Å². The summed E-state index contributed by atoms with van der Waals surface area (Å²) in [6.07, 6.45) is 4.03. The zero-order valence-corrected chi connectivity index (χ0v) is 14.2. The molecule has 0 spiro atoms. The molecule has 0 saturated carbocycles. The molecule has 1 N–H and O–H groups in total. The van der Waals surface area contributed by atoms with Gasteiger partial charge < -0.3 is 10.1 Å². The fourth-order valence-corrected chi connectivity index (χ4v) is 2.77. The summed E-state index contributed by atoms with van der Waals surface area (Å²) < 4.78 is 5.82. The summed E-state index contributed by atoms with van der Waals surface area (Å²) in [5, 5.41) is 4.56. The molecule has 1 saturated heterocycles. The van der Waals surface area contributed by atoms with Crippen LogP contribution in [-0.2, 0) is 0 Å². The number of halogens is 3. The third-order valence-electron chi connectivity index (χ3n) is 3.58. The third-order valence-corrected chi connectivity index (χ3v) is 4.14. The lowest BCUT2D eigenvalue weighted by Crippen LogP contribution is -2.28. The molecule has 1 aliphatic heterocycles. The molecule has 0 bridgehead atoms. The average Bonchev–Trinajstić information content (AvgIpc) is 3.01. The molecule has 3 nitrogen and oxygen atoms in total. The van der Waals surface area contributed by atoms with Crippen LogP contribution in [0.2, 0.25) is 10.2 Å². The van der Waals surface area contributed by atoms with E-state index < -0.39 is 0 Å². The van der Waals surface area contributed by atoms with Gasteiger partial charge in [0.1, 0.15) is 17.5 Å². The highest BCUT2D eigenvalue weighted by Gasteiger charge is 2.15. The van der Waals surface area contributed by atoms with E-state index in [4.69, 9.17) is 27.9 Å². The first-order chi connectivity index (χ1) is 10.2. The number of ether oxygens (including phenoxy) is 1. The molecule has 22 heavy (non-hydrogen) atoms. The van der Waals surface area contributed by atoms with E-state index in [1.807, 2.05) is 30.3 Å². The van der Waals surface area contributed by atoms with Gasteiger partial charge in [-0.2, -0.15) is 0 Å². The number of pyridine rings is 1. The van der Waals surface area contributed by atoms with Crippen molar-refractivity contribution in [3.63, 3.8) is 0 Å². The Labute approximate surface area is 146 Å². The minimum atomic E-state index is 0. The summed E-state index contributed by atoms with van der Waals surface area (Å²) in [4.78, 5) is 4.21. The van der Waals surface area contributed by atoms with Crippen molar-refractivity contribution in [3.05, 3.63) is 46.7 Å². The van der Waals surface area contributed by atoms with Crippen molar-refractivity contribution in [1.29, 1.82) is 0 Å². The Bertz CT molecular complexity index is 613. The maximum Gasteiger partial charge on any atom is 0.138 e. The van der Waals surface area contributed by atoms with Crippen LogP contribution in [0, 0.1) is 0 Å². The molecule has 0 unspecified atom stereocenters. The molecule has 1 aromatic carbocycles. The molecular weight excluding hydrogens is 343 g/mol. The van der Waals surface area contributed by atoms with Crippen LogP contribution in [0.15, 0.2) is 36.5 Å². The second-order valence-corrected chi connectivity index (χ2v) is 5.92. The minimum absolute atomic E-state index is 0. The van der Waals surface area contributed by atoms with Crippen molar-refractivity contribution >= 4 is 35.6 Å². The molecule has 2 heterocycles. The molecular formula is C16H17Cl3N2O. The molecule has 1 fully saturated rings. The number of nitrogens with one attached hydrogen (secondary N) is 1. The number of rotatable bonds is 4. The number of hydrogen-bond acceptors (Lipinski definition) is 3. The molecule has 1 aromatic heterocycles. The van der Waals surface area contributed by atoms with Crippen LogP contribution in [0.5, 0.6) is 5.75 Å². The largest absolute Gasteiger partial charge is 0.490 e. The Hall–Kier alpha value is -1.00. The monoisotopic (exact) mass is 358 g/mol. The second-order valence-electron chi connectivity index (χ2n) is 5.12. The predicted molar refractivity (Wildman–Crippen MR) is 93.5 cm³/mol. The highest BCUT2D eigenvalue weighted by Crippen LogP contribution is 2.30. The van der Waals surface area contributed by atoms with Gasteiger partial charge in [0.05, 0.1) is 6.20 Å². The third kappa shape index (κ3) is 4.26. The lowest BCUT2D eigenvalue weighted by molar-refractivity contribution is 0.276. The fourth-order valence-electron chi connectivity index (χ4n) is 2.44. The number of hydrogen-bond donors (Lipinski definition) is 1. The Morgan fingerprint density at radius 1 is 1.23 bits per heavy atom. The van der Waals surface area contributed by atoms with Crippen molar-refractivity contribution in [2.75, 3.05) is 13.2 Å². The van der Waals surface area contributed by atoms with Gasteiger partial charge in [0.25, 0.3) is 0 Å². The normalized spacial score (nSPS) is 17.1. The van der Waals surface area contributed by atoms with Crippen LogP contribution in [0.4, 0.5) is 0 Å². The lowest BCUT2D eigenvalue weighted by atomic mass is 10.1. The van der Waals surface area contributed by atoms with Crippen LogP contribution in [0.3, 0.4) is 0 Å². The summed E-state index contributed by atoms with van der Waals surface area (Å²) in [6.45, 7) is 1.73. The smallest absolute Gasteiger partial charge is 0.138 e. The zero-order valence-electron chi connectivity index (χ0n) is 11.9. The molecule has 1 aliphatic rings. The lowest BCUT2D eigenvalue weighted by Gasteiger charge is -2.13. The van der Waals surface area contributed by atoms with Gasteiger partial charge in [-0.15, -0.1) is 12.4 Å². The van der Waals surface area contributed by atoms with Crippen molar-refractivity contribution in [3.8, 4) is 16.9 Å². The van der Waals surface area contributed by atoms with E-state index >= 15 is 0 Å². The van der Waals surface area contributed by atoms with E-state index in [1.165, 1.54) is 6.42 Å². The van der Waals surface area contributed by atoms with Gasteiger partial charge in [0.2, 0.25) is 0 Å². The summed E-state index contributed by atoms with van der Waals surface area (Å²) >= 11 is 12.1. The predicted octanol–water partition coefficient (Wildman–Crippen LogP) is 4.61. The zero-order chi connectivity index (χ0) is 14.7. The van der Waals surface area contributed by atoms with Gasteiger partial charge in [-0.1, -0.05) is 35.3 Å². The van der Waals surface area contributed by atoms with Gasteiger partial charge in [-0.3, -0.25) is 0 Å². The molecule has 0 radical (unpaired) electrons. The standard InChI is InChI=1S/C16H16Cl2N2O.ClH/c17-12-5-3-11(4-6-12)15-8-14(9-20-16(15)18)21-10-13-2-1-7-19-13;/h3-6,8-9,13,19H,1-2,7,10H2;1H/t13-;/m0./s1. The summed E-state index contributed by atoms with van der Waals surface area (Å²) in [7, 11) is 0. The topological polar surface area (TPSA) is 34.1 Å². The van der Waals surface area contributed by atoms with E-state index in [0.29, 0.717) is 22.8 Å². The number of nitrogens with zero attached hydrogens (tertiary/aromatic N) is 1. The summed E-state index contributed by atoms with van der Waals surface area (Å²) in [5.41, 5.74) is 1.83. The van der Waals surface area contributed by atoms with Crippen molar-refractivity contribution in [1.82, 2.24) is 10.3 Å². The van der Waals surface area contributed by atoms with Crippen LogP contribution < -0.4 is 10.1 Å². The number of aromatic nitrogens is 1. The Morgan fingerprint density at radius 3 is 2.68 bits per heavy atom. The first kappa shape index (κ1) is 17.4. The van der Waals surface area contributed by atoms with Gasteiger partial charge in [0.15, 0.2) is 0 Å². The van der Waals surface area contributed by atoms with E-state index in [2.05, 4.69) is 10.3 Å². The van der Waals surface area contributed by atoms with Gasteiger partial charge in [0, 0.05) is 16.6 Å². The molecule has 2 aromatic rings. The molecule has 3 rings (SSSR count). The van der Waals surface area contributed by atoms with Crippen LogP contribution in [0.25, 0.3) is 11.1 Å². The highest BCUT2D eigenvalue weighted by molar-refractivity contribution is 6.32. The quantitative estimate of drug-likeness (QED) is 0.810. The number of benzene rings is 1. The first-order valence-electron chi connectivity index (χ1n) is 7.00. The van der Waals surface area contributed by atoms with Crippen molar-refractivity contribution < 1.29 is 4.74 Å². The van der Waals surface area contributed by atoms with Gasteiger partial charge >= 0.3 is 0 Å².